The summed E-state index contributed by atoms with van der Waals surface area (Å²) in [5, 5.41) is 13.8. The van der Waals surface area contributed by atoms with Gasteiger partial charge in [-0.05, 0) is 32.6 Å². The molecular formula is C11H19N3O4. The average Bonchev–Trinajstić information content (AvgIpc) is 2.97. The summed E-state index contributed by atoms with van der Waals surface area (Å²) in [5.41, 5.74) is 4.54. The Hall–Kier alpha value is -1.79. The average molecular weight is 257 g/mol. The monoisotopic (exact) mass is 257 g/mol. The number of carbonyl (C=O) groups is 3. The Morgan fingerprint density at radius 1 is 1.39 bits per heavy atom. The first-order valence-electron chi connectivity index (χ1n) is 5.82. The highest BCUT2D eigenvalue weighted by Crippen LogP contribution is 2.39. The highest BCUT2D eigenvalue weighted by molar-refractivity contribution is 5.87. The van der Waals surface area contributed by atoms with E-state index in [4.69, 9.17) is 10.8 Å². The van der Waals surface area contributed by atoms with Crippen LogP contribution in [-0.4, -0.2) is 34.6 Å². The summed E-state index contributed by atoms with van der Waals surface area (Å²) in [6.45, 7) is 3.77. The predicted octanol–water partition coefficient (Wildman–Crippen LogP) is -0.197. The molecule has 0 heterocycles. The van der Waals surface area contributed by atoms with Gasteiger partial charge in [0.2, 0.25) is 5.91 Å². The van der Waals surface area contributed by atoms with E-state index in [0.29, 0.717) is 5.92 Å². The lowest BCUT2D eigenvalue weighted by molar-refractivity contribution is -0.140. The van der Waals surface area contributed by atoms with Crippen LogP contribution in [0.15, 0.2) is 0 Å². The van der Waals surface area contributed by atoms with Crippen LogP contribution < -0.4 is 16.4 Å². The molecule has 0 saturated heterocycles. The van der Waals surface area contributed by atoms with Crippen molar-refractivity contribution in [3.05, 3.63) is 0 Å². The van der Waals surface area contributed by atoms with Gasteiger partial charge in [0, 0.05) is 5.54 Å². The molecular weight excluding hydrogens is 238 g/mol. The van der Waals surface area contributed by atoms with Crippen molar-refractivity contribution in [2.24, 2.45) is 11.7 Å². The maximum absolute atomic E-state index is 11.6. The third-order valence-electron chi connectivity index (χ3n) is 3.04. The minimum Gasteiger partial charge on any atom is -0.480 e. The van der Waals surface area contributed by atoms with Gasteiger partial charge >= 0.3 is 12.0 Å². The fourth-order valence-corrected chi connectivity index (χ4v) is 1.80. The Labute approximate surface area is 105 Å². The zero-order valence-electron chi connectivity index (χ0n) is 10.5. The van der Waals surface area contributed by atoms with Crippen molar-refractivity contribution >= 4 is 17.9 Å². The quantitative estimate of drug-likeness (QED) is 0.526. The Balaban J connectivity index is 2.50. The van der Waals surface area contributed by atoms with Gasteiger partial charge in [-0.25, -0.2) is 9.59 Å². The number of primary amides is 1. The zero-order chi connectivity index (χ0) is 13.9. The van der Waals surface area contributed by atoms with Gasteiger partial charge in [0.15, 0.2) is 0 Å². The summed E-state index contributed by atoms with van der Waals surface area (Å²) in [6.07, 6.45) is 1.68. The molecule has 0 spiro atoms. The number of urea groups is 1. The molecule has 18 heavy (non-hydrogen) atoms. The molecule has 1 saturated carbocycles. The minimum absolute atomic E-state index is 0.375. The SMILES string of the molecule is CC(C)(NC(=O)N[C@H](CC(N)=O)C(=O)O)C1CC1. The first-order valence-corrected chi connectivity index (χ1v) is 5.82. The normalized spacial score (nSPS) is 16.8. The van der Waals surface area contributed by atoms with Crippen LogP contribution in [0.4, 0.5) is 4.79 Å². The molecule has 5 N–H and O–H groups in total. The largest absolute Gasteiger partial charge is 0.480 e. The molecule has 0 unspecified atom stereocenters. The maximum Gasteiger partial charge on any atom is 0.326 e. The zero-order valence-corrected chi connectivity index (χ0v) is 10.5. The third-order valence-corrected chi connectivity index (χ3v) is 3.04. The van der Waals surface area contributed by atoms with Crippen molar-refractivity contribution < 1.29 is 19.5 Å². The van der Waals surface area contributed by atoms with E-state index in [1.807, 2.05) is 13.8 Å². The van der Waals surface area contributed by atoms with Crippen molar-refractivity contribution in [2.75, 3.05) is 0 Å². The van der Waals surface area contributed by atoms with Gasteiger partial charge in [0.05, 0.1) is 6.42 Å². The molecule has 1 rings (SSSR count). The van der Waals surface area contributed by atoms with Crippen LogP contribution >= 0.6 is 0 Å². The third kappa shape index (κ3) is 4.23. The highest BCUT2D eigenvalue weighted by Gasteiger charge is 2.39. The number of amides is 3. The number of carboxylic acid groups (broad SMARTS) is 1. The topological polar surface area (TPSA) is 122 Å². The Morgan fingerprint density at radius 2 is 1.94 bits per heavy atom. The first kappa shape index (κ1) is 14.3. The lowest BCUT2D eigenvalue weighted by Crippen LogP contribution is -2.54. The molecule has 1 aliphatic rings. The lowest BCUT2D eigenvalue weighted by Gasteiger charge is -2.27. The van der Waals surface area contributed by atoms with Crippen LogP contribution in [-0.2, 0) is 9.59 Å². The first-order chi connectivity index (χ1) is 8.22. The van der Waals surface area contributed by atoms with E-state index >= 15 is 0 Å². The molecule has 7 nitrogen and oxygen atoms in total. The standard InChI is InChI=1S/C11H19N3O4/c1-11(2,6-3-4-6)14-10(18)13-7(9(16)17)5-8(12)15/h6-7H,3-5H2,1-2H3,(H2,12,15)(H,16,17)(H2,13,14,18)/t7-/m1/s1. The second-order valence-corrected chi connectivity index (χ2v) is 5.16. The van der Waals surface area contributed by atoms with E-state index in [1.54, 1.807) is 0 Å². The van der Waals surface area contributed by atoms with E-state index < -0.39 is 30.4 Å². The van der Waals surface area contributed by atoms with Crippen molar-refractivity contribution in [1.29, 1.82) is 0 Å². The van der Waals surface area contributed by atoms with Gasteiger partial charge in [0.25, 0.3) is 0 Å². The number of hydrogen-bond acceptors (Lipinski definition) is 3. The van der Waals surface area contributed by atoms with Gasteiger partial charge in [-0.3, -0.25) is 4.79 Å². The number of nitrogens with two attached hydrogens (primary N) is 1. The van der Waals surface area contributed by atoms with Gasteiger partial charge in [0.1, 0.15) is 6.04 Å². The molecule has 0 aromatic carbocycles. The molecule has 1 atom stereocenters. The second-order valence-electron chi connectivity index (χ2n) is 5.16. The van der Waals surface area contributed by atoms with Gasteiger partial charge in [-0.2, -0.15) is 0 Å². The van der Waals surface area contributed by atoms with Gasteiger partial charge in [-0.1, -0.05) is 0 Å². The number of carbonyl (C=O) groups excluding carboxylic acids is 2. The van der Waals surface area contributed by atoms with E-state index in [1.165, 1.54) is 0 Å². The molecule has 0 aromatic heterocycles. The van der Waals surface area contributed by atoms with Crippen LogP contribution in [0, 0.1) is 5.92 Å². The highest BCUT2D eigenvalue weighted by atomic mass is 16.4. The molecule has 7 heteroatoms. The summed E-state index contributed by atoms with van der Waals surface area (Å²) in [5.74, 6) is -1.64. The number of rotatable bonds is 6. The van der Waals surface area contributed by atoms with Crippen LogP contribution in [0.3, 0.4) is 0 Å². The Bertz CT molecular complexity index is 363. The van der Waals surface area contributed by atoms with Crippen molar-refractivity contribution in [3.63, 3.8) is 0 Å². The van der Waals surface area contributed by atoms with Gasteiger partial charge < -0.3 is 21.5 Å². The smallest absolute Gasteiger partial charge is 0.326 e. The summed E-state index contributed by atoms with van der Waals surface area (Å²) in [6, 6.07) is -1.89. The lowest BCUT2D eigenvalue weighted by atomic mass is 9.99. The maximum atomic E-state index is 11.6. The molecule has 3 amide bonds. The van der Waals surface area contributed by atoms with Crippen molar-refractivity contribution in [1.82, 2.24) is 10.6 Å². The van der Waals surface area contributed by atoms with Crippen LogP contribution in [0.2, 0.25) is 0 Å². The van der Waals surface area contributed by atoms with Crippen molar-refractivity contribution in [2.45, 2.75) is 44.7 Å². The van der Waals surface area contributed by atoms with E-state index in [2.05, 4.69) is 10.6 Å². The molecule has 0 radical (unpaired) electrons. The number of aliphatic carboxylic acids is 1. The van der Waals surface area contributed by atoms with Crippen molar-refractivity contribution in [3.8, 4) is 0 Å². The Kier molecular flexibility index (Phi) is 4.15. The van der Waals surface area contributed by atoms with E-state index in [9.17, 15) is 14.4 Å². The van der Waals surface area contributed by atoms with E-state index in [0.717, 1.165) is 12.8 Å². The number of hydrogen-bond donors (Lipinski definition) is 4. The Morgan fingerprint density at radius 3 is 2.33 bits per heavy atom. The molecule has 0 aromatic rings. The fourth-order valence-electron chi connectivity index (χ4n) is 1.80. The summed E-state index contributed by atoms with van der Waals surface area (Å²) >= 11 is 0. The van der Waals surface area contributed by atoms with E-state index in [-0.39, 0.29) is 5.54 Å². The van der Waals surface area contributed by atoms with Crippen LogP contribution in [0.1, 0.15) is 33.1 Å². The molecule has 1 aliphatic carbocycles. The predicted molar refractivity (Wildman–Crippen MR) is 63.7 cm³/mol. The molecule has 1 fully saturated rings. The second kappa shape index (κ2) is 5.24. The summed E-state index contributed by atoms with van der Waals surface area (Å²) in [7, 11) is 0. The van der Waals surface area contributed by atoms with Crippen LogP contribution in [0.25, 0.3) is 0 Å². The minimum atomic E-state index is -1.29. The summed E-state index contributed by atoms with van der Waals surface area (Å²) in [4.78, 5) is 33.2. The van der Waals surface area contributed by atoms with Gasteiger partial charge in [-0.15, -0.1) is 0 Å². The molecule has 0 bridgehead atoms. The number of nitrogens with one attached hydrogen (secondary N) is 2. The molecule has 0 aliphatic heterocycles. The fraction of sp³-hybridized carbons (Fsp3) is 0.727. The summed E-state index contributed by atoms with van der Waals surface area (Å²) < 4.78 is 0. The number of carboxylic acids is 1. The molecule has 102 valence electrons. The van der Waals surface area contributed by atoms with Crippen LogP contribution in [0.5, 0.6) is 0 Å².